The van der Waals surface area contributed by atoms with E-state index in [1.807, 2.05) is 0 Å². The van der Waals surface area contributed by atoms with Crippen molar-refractivity contribution in [3.8, 4) is 5.75 Å². The second-order valence-electron chi connectivity index (χ2n) is 13.5. The lowest BCUT2D eigenvalue weighted by Gasteiger charge is -2.59. The van der Waals surface area contributed by atoms with Crippen LogP contribution < -0.4 is 4.74 Å². The maximum absolute atomic E-state index is 11.8. The average Bonchev–Trinajstić information content (AvgIpc) is 3.01. The highest BCUT2D eigenvalue weighted by atomic mass is 32.2. The molecule has 1 spiro atoms. The number of fused-ring (bicyclic) bond motifs is 5. The molecule has 0 radical (unpaired) electrons. The summed E-state index contributed by atoms with van der Waals surface area (Å²) in [5.41, 5.74) is 16.3. The van der Waals surface area contributed by atoms with Gasteiger partial charge >= 0.3 is 5.71 Å². The molecular formula is C38H42N2O4S. The first-order valence-electron chi connectivity index (χ1n) is 16.2. The first-order valence-corrected chi connectivity index (χ1v) is 18.1. The molecule has 2 saturated carbocycles. The summed E-state index contributed by atoms with van der Waals surface area (Å²) >= 11 is 0. The van der Waals surface area contributed by atoms with Crippen LogP contribution in [-0.2, 0) is 20.9 Å². The number of Topliss-reactive ketones (excluding diaryl/α,β-unsaturated/α-hetero) is 1. The molecule has 2 unspecified atom stereocenters. The third-order valence-electron chi connectivity index (χ3n) is 10.5. The number of rotatable bonds is 2. The molecule has 0 aromatic heterocycles. The smallest absolute Gasteiger partial charge is 0.362 e. The minimum absolute atomic E-state index is 0.0941. The van der Waals surface area contributed by atoms with Crippen molar-refractivity contribution in [1.82, 2.24) is 0 Å². The maximum Gasteiger partial charge on any atom is 0.362 e. The highest BCUT2D eigenvalue weighted by molar-refractivity contribution is 7.90. The first kappa shape index (κ1) is 31.2. The van der Waals surface area contributed by atoms with E-state index in [9.17, 15) is 13.2 Å². The lowest BCUT2D eigenvalue weighted by Crippen LogP contribution is -2.57. The number of allylic oxidation sites excluding steroid dienone is 1. The van der Waals surface area contributed by atoms with Crippen LogP contribution >= 0.6 is 0 Å². The minimum atomic E-state index is -3.40. The van der Waals surface area contributed by atoms with E-state index in [1.54, 1.807) is 0 Å². The molecule has 0 bridgehead atoms. The monoisotopic (exact) mass is 622 g/mol. The highest BCUT2D eigenvalue weighted by Gasteiger charge is 2.59. The van der Waals surface area contributed by atoms with Crippen LogP contribution in [0.4, 0.5) is 0 Å². The Morgan fingerprint density at radius 3 is 2.22 bits per heavy atom. The normalized spacial score (nSPS) is 23.1. The third kappa shape index (κ3) is 5.40. The van der Waals surface area contributed by atoms with Crippen molar-refractivity contribution in [2.24, 2.45) is 5.92 Å². The van der Waals surface area contributed by atoms with Gasteiger partial charge in [0.1, 0.15) is 11.4 Å². The first-order chi connectivity index (χ1) is 21.5. The highest BCUT2D eigenvalue weighted by Crippen LogP contribution is 2.63. The zero-order valence-electron chi connectivity index (χ0n) is 26.7. The van der Waals surface area contributed by atoms with E-state index in [1.165, 1.54) is 115 Å². The summed E-state index contributed by atoms with van der Waals surface area (Å²) in [6.07, 6.45) is 15.7. The van der Waals surface area contributed by atoms with Gasteiger partial charge in [-0.05, 0) is 87.8 Å². The second kappa shape index (κ2) is 11.9. The molecule has 234 valence electrons. The van der Waals surface area contributed by atoms with Gasteiger partial charge in [0.25, 0.3) is 5.78 Å². The van der Waals surface area contributed by atoms with E-state index < -0.39 is 15.6 Å². The predicted octanol–water partition coefficient (Wildman–Crippen LogP) is 8.26. The molecule has 1 aliphatic heterocycles. The van der Waals surface area contributed by atoms with Gasteiger partial charge < -0.3 is 10.3 Å². The zero-order chi connectivity index (χ0) is 32.0. The van der Waals surface area contributed by atoms with E-state index in [0.29, 0.717) is 16.9 Å². The van der Waals surface area contributed by atoms with Gasteiger partial charge in [0.2, 0.25) is 0 Å². The predicted molar refractivity (Wildman–Crippen MR) is 178 cm³/mol. The van der Waals surface area contributed by atoms with E-state index in [2.05, 4.69) is 62.0 Å². The summed E-state index contributed by atoms with van der Waals surface area (Å²) in [5.74, 6) is 1.29. The van der Waals surface area contributed by atoms with Gasteiger partial charge in [-0.2, -0.15) is 4.79 Å². The number of hydrogen-bond acceptors (Lipinski definition) is 4. The van der Waals surface area contributed by atoms with Gasteiger partial charge in [-0.1, -0.05) is 73.7 Å². The number of ether oxygens (including phenoxy) is 1. The molecule has 7 heteroatoms. The average molecular weight is 623 g/mol. The lowest BCUT2D eigenvalue weighted by molar-refractivity contribution is -0.0953. The Hall–Kier alpha value is -3.80. The van der Waals surface area contributed by atoms with Crippen LogP contribution in [0.25, 0.3) is 11.6 Å². The standard InChI is InChI=1S/C27H34O.C11H8N2O3S/c1-19-10-12-22(21(3)17-19)27-16-8-5-9-25(27)26(14-6-4-7-15-26)23-13-11-20(2)18-24(23)28-27;1-17(15,16)10-4-2-3-8-7(10)5-6-9(13-12)11(8)14/h10-13,17-18,25H,4-9,14-16H2,1-3H3;2-6H,1H3. The van der Waals surface area contributed by atoms with Crippen molar-refractivity contribution >= 4 is 27.4 Å². The molecule has 6 nitrogen and oxygen atoms in total. The van der Waals surface area contributed by atoms with E-state index in [0.717, 1.165) is 12.7 Å². The van der Waals surface area contributed by atoms with E-state index in [4.69, 9.17) is 10.3 Å². The van der Waals surface area contributed by atoms with Gasteiger partial charge in [-0.15, -0.1) is 0 Å². The fourth-order valence-electron chi connectivity index (χ4n) is 8.66. The summed E-state index contributed by atoms with van der Waals surface area (Å²) in [4.78, 5) is 14.7. The minimum Gasteiger partial charge on any atom is -0.482 e. The number of carbonyl (C=O) groups excluding carboxylic acids is 1. The fraction of sp³-hybridized carbons (Fsp3) is 0.421. The van der Waals surface area contributed by atoms with Crippen molar-refractivity contribution in [3.05, 3.63) is 105 Å². The molecule has 4 aliphatic rings. The number of benzene rings is 3. The molecule has 7 rings (SSSR count). The summed E-state index contributed by atoms with van der Waals surface area (Å²) in [5, 5.41) is 0. The van der Waals surface area contributed by atoms with Crippen molar-refractivity contribution in [1.29, 1.82) is 0 Å². The van der Waals surface area contributed by atoms with Crippen LogP contribution in [0.3, 0.4) is 0 Å². The van der Waals surface area contributed by atoms with Gasteiger partial charge in [0, 0.05) is 40.4 Å². The van der Waals surface area contributed by atoms with Crippen LogP contribution in [0.1, 0.15) is 102 Å². The molecule has 0 amide bonds. The lowest BCUT2D eigenvalue weighted by atomic mass is 9.51. The van der Waals surface area contributed by atoms with Crippen molar-refractivity contribution in [3.63, 3.8) is 0 Å². The molecule has 0 N–H and O–H groups in total. The summed E-state index contributed by atoms with van der Waals surface area (Å²) in [6, 6.07) is 18.5. The number of nitrogens with zero attached hydrogens (tertiary/aromatic N) is 2. The van der Waals surface area contributed by atoms with Crippen LogP contribution in [0, 0.1) is 26.7 Å². The molecule has 3 aromatic rings. The molecular weight excluding hydrogens is 580 g/mol. The van der Waals surface area contributed by atoms with E-state index >= 15 is 0 Å². The zero-order valence-corrected chi connectivity index (χ0v) is 27.5. The Kier molecular flexibility index (Phi) is 8.21. The number of carbonyl (C=O) groups is 1. The van der Waals surface area contributed by atoms with Gasteiger partial charge in [0.05, 0.1) is 4.90 Å². The maximum atomic E-state index is 11.8. The van der Waals surface area contributed by atoms with Crippen LogP contribution in [0.2, 0.25) is 0 Å². The molecule has 1 heterocycles. The molecule has 2 fully saturated rings. The summed E-state index contributed by atoms with van der Waals surface area (Å²) in [7, 11) is -3.40. The van der Waals surface area contributed by atoms with Crippen molar-refractivity contribution in [2.75, 3.05) is 6.26 Å². The van der Waals surface area contributed by atoms with Crippen molar-refractivity contribution < 1.29 is 22.7 Å². The van der Waals surface area contributed by atoms with E-state index in [-0.39, 0.29) is 21.8 Å². The SMILES string of the molecule is CS(=O)(=O)c1cccc2c1C=CC(=[N+]=[N-])C2=O.Cc1ccc(C23CCCCC2C2(CCCCC2)c2ccc(C)cc2O3)c(C)c1. The molecule has 3 aliphatic carbocycles. The fourth-order valence-corrected chi connectivity index (χ4v) is 9.56. The Morgan fingerprint density at radius 2 is 1.53 bits per heavy atom. The third-order valence-corrected chi connectivity index (χ3v) is 11.7. The van der Waals surface area contributed by atoms with Gasteiger partial charge in [-0.25, -0.2) is 8.42 Å². The quantitative estimate of drug-likeness (QED) is 0.212. The summed E-state index contributed by atoms with van der Waals surface area (Å²) in [6.45, 7) is 6.70. The molecule has 2 atom stereocenters. The van der Waals surface area contributed by atoms with Gasteiger partial charge in [-0.3, -0.25) is 4.79 Å². The topological polar surface area (TPSA) is 96.8 Å². The van der Waals surface area contributed by atoms with Crippen LogP contribution in [-0.4, -0.2) is 31.0 Å². The Bertz CT molecular complexity index is 1860. The number of ketones is 1. The summed E-state index contributed by atoms with van der Waals surface area (Å²) < 4.78 is 30.2. The van der Waals surface area contributed by atoms with Crippen LogP contribution in [0.15, 0.2) is 65.6 Å². The van der Waals surface area contributed by atoms with Crippen LogP contribution in [0.5, 0.6) is 5.75 Å². The van der Waals surface area contributed by atoms with Crippen molar-refractivity contribution in [2.45, 2.75) is 94.5 Å². The second-order valence-corrected chi connectivity index (χ2v) is 15.4. The molecule has 3 aromatic carbocycles. The molecule has 0 saturated heterocycles. The Balaban J connectivity index is 0.000000180. The largest absolute Gasteiger partial charge is 0.482 e. The number of sulfone groups is 1. The number of aryl methyl sites for hydroxylation is 3. The molecule has 45 heavy (non-hydrogen) atoms. The number of hydrogen-bond donors (Lipinski definition) is 0. The van der Waals surface area contributed by atoms with Gasteiger partial charge in [0.15, 0.2) is 9.84 Å². The Labute approximate surface area is 267 Å². The Morgan fingerprint density at radius 1 is 0.844 bits per heavy atom.